The molecule has 1 unspecified atom stereocenters. The molecular weight excluding hydrogens is 418 g/mol. The molecule has 2 amide bonds. The monoisotopic (exact) mass is 443 g/mol. The first-order valence-electron chi connectivity index (χ1n) is 10.6. The van der Waals surface area contributed by atoms with E-state index in [4.69, 9.17) is 5.73 Å². The molecule has 0 saturated carbocycles. The van der Waals surface area contributed by atoms with Gasteiger partial charge in [0.05, 0.1) is 40.8 Å². The largest absolute Gasteiger partial charge is 0.389 e. The molecule has 4 aromatic rings. The molecule has 8 nitrogen and oxygen atoms in total. The van der Waals surface area contributed by atoms with Crippen molar-refractivity contribution in [3.8, 4) is 0 Å². The number of pyridine rings is 1. The zero-order chi connectivity index (χ0) is 23.7. The maximum Gasteiger partial charge on any atom is 0.267 e. The quantitative estimate of drug-likeness (QED) is 0.421. The van der Waals surface area contributed by atoms with Crippen LogP contribution in [0.25, 0.3) is 10.9 Å². The number of carbonyl (C=O) groups is 2. The van der Waals surface area contributed by atoms with E-state index in [9.17, 15) is 14.7 Å². The third-order valence-corrected chi connectivity index (χ3v) is 5.60. The van der Waals surface area contributed by atoms with E-state index in [-0.39, 0.29) is 11.6 Å². The minimum Gasteiger partial charge on any atom is -0.389 e. The molecule has 4 rings (SSSR count). The Morgan fingerprint density at radius 1 is 1.12 bits per heavy atom. The van der Waals surface area contributed by atoms with Crippen molar-refractivity contribution in [1.29, 1.82) is 0 Å². The fourth-order valence-corrected chi connectivity index (χ4v) is 3.83. The van der Waals surface area contributed by atoms with Gasteiger partial charge < -0.3 is 16.2 Å². The van der Waals surface area contributed by atoms with Gasteiger partial charge in [-0.2, -0.15) is 5.10 Å². The Morgan fingerprint density at radius 3 is 2.61 bits per heavy atom. The Hall–Kier alpha value is -4.04. The summed E-state index contributed by atoms with van der Waals surface area (Å²) >= 11 is 0. The number of nitrogens with zero attached hydrogens (tertiary/aromatic N) is 3. The number of hydrogen-bond acceptors (Lipinski definition) is 5. The van der Waals surface area contributed by atoms with Crippen LogP contribution in [0.5, 0.6) is 0 Å². The van der Waals surface area contributed by atoms with Gasteiger partial charge in [0, 0.05) is 5.39 Å². The predicted molar refractivity (Wildman–Crippen MR) is 126 cm³/mol. The Morgan fingerprint density at radius 2 is 1.88 bits per heavy atom. The zero-order valence-corrected chi connectivity index (χ0v) is 18.7. The summed E-state index contributed by atoms with van der Waals surface area (Å²) in [6.07, 6.45) is -0.555. The van der Waals surface area contributed by atoms with Crippen molar-refractivity contribution in [2.75, 3.05) is 5.32 Å². The number of anilines is 1. The summed E-state index contributed by atoms with van der Waals surface area (Å²) in [4.78, 5) is 29.2. The van der Waals surface area contributed by atoms with E-state index < -0.39 is 12.0 Å². The number of primary amides is 1. The summed E-state index contributed by atoms with van der Waals surface area (Å²) < 4.78 is 1.81. The van der Waals surface area contributed by atoms with Crippen LogP contribution in [0.3, 0.4) is 0 Å². The van der Waals surface area contributed by atoms with Crippen molar-refractivity contribution in [2.24, 2.45) is 5.73 Å². The molecule has 168 valence electrons. The minimum absolute atomic E-state index is 0.0287. The van der Waals surface area contributed by atoms with Gasteiger partial charge in [-0.25, -0.2) is 4.98 Å². The van der Waals surface area contributed by atoms with Gasteiger partial charge in [-0.15, -0.1) is 0 Å². The molecular formula is C25H25N5O3. The Kier molecular flexibility index (Phi) is 5.93. The van der Waals surface area contributed by atoms with E-state index in [0.29, 0.717) is 34.4 Å². The summed E-state index contributed by atoms with van der Waals surface area (Å²) in [5, 5.41) is 18.0. The van der Waals surface area contributed by atoms with Gasteiger partial charge in [-0.3, -0.25) is 14.3 Å². The first kappa shape index (κ1) is 22.2. The van der Waals surface area contributed by atoms with E-state index in [0.717, 1.165) is 16.8 Å². The Labute approximate surface area is 191 Å². The molecule has 0 aliphatic heterocycles. The highest BCUT2D eigenvalue weighted by Gasteiger charge is 2.19. The van der Waals surface area contributed by atoms with Gasteiger partial charge >= 0.3 is 0 Å². The number of hydrogen-bond donors (Lipinski definition) is 3. The van der Waals surface area contributed by atoms with Crippen LogP contribution in [0.4, 0.5) is 5.69 Å². The third-order valence-electron chi connectivity index (χ3n) is 5.60. The molecule has 33 heavy (non-hydrogen) atoms. The minimum atomic E-state index is -0.700. The van der Waals surface area contributed by atoms with Gasteiger partial charge in [-0.1, -0.05) is 42.5 Å². The first-order chi connectivity index (χ1) is 15.7. The van der Waals surface area contributed by atoms with Crippen molar-refractivity contribution < 1.29 is 14.7 Å². The standard InChI is InChI=1S/C25H25N5O3/c1-14-23(15(2)30(29-14)13-17-7-6-8-18(11-17)16(3)31)28-25(33)20-12-22(24(26)32)27-21-10-5-4-9-19(20)21/h4-12,16,31H,13H2,1-3H3,(H2,26,32)(H,28,33). The highest BCUT2D eigenvalue weighted by atomic mass is 16.3. The summed E-state index contributed by atoms with van der Waals surface area (Å²) in [6.45, 7) is 5.92. The molecule has 0 aliphatic carbocycles. The number of nitrogens with two attached hydrogens (primary N) is 1. The lowest BCUT2D eigenvalue weighted by Crippen LogP contribution is -2.18. The van der Waals surface area contributed by atoms with Crippen LogP contribution >= 0.6 is 0 Å². The molecule has 8 heteroatoms. The second-order valence-electron chi connectivity index (χ2n) is 8.02. The number of para-hydroxylation sites is 1. The highest BCUT2D eigenvalue weighted by Crippen LogP contribution is 2.24. The molecule has 0 radical (unpaired) electrons. The smallest absolute Gasteiger partial charge is 0.267 e. The molecule has 2 aromatic heterocycles. The lowest BCUT2D eigenvalue weighted by atomic mass is 10.1. The fraction of sp³-hybridized carbons (Fsp3) is 0.200. The summed E-state index contributed by atoms with van der Waals surface area (Å²) in [6, 6.07) is 16.2. The second kappa shape index (κ2) is 8.84. The Balaban J connectivity index is 1.66. The van der Waals surface area contributed by atoms with Gasteiger partial charge in [0.2, 0.25) is 0 Å². The number of nitrogens with one attached hydrogen (secondary N) is 1. The average molecular weight is 444 g/mol. The van der Waals surface area contributed by atoms with E-state index in [1.165, 1.54) is 6.07 Å². The van der Waals surface area contributed by atoms with Gasteiger partial charge in [0.15, 0.2) is 0 Å². The summed E-state index contributed by atoms with van der Waals surface area (Å²) in [5.41, 5.74) is 10.2. The van der Waals surface area contributed by atoms with E-state index in [2.05, 4.69) is 15.4 Å². The predicted octanol–water partition coefficient (Wildman–Crippen LogP) is 3.50. The molecule has 2 heterocycles. The van der Waals surface area contributed by atoms with Gasteiger partial charge in [0.25, 0.3) is 11.8 Å². The van der Waals surface area contributed by atoms with E-state index >= 15 is 0 Å². The number of aliphatic hydroxyl groups excluding tert-OH is 1. The number of carbonyl (C=O) groups excluding carboxylic acids is 2. The number of aryl methyl sites for hydroxylation is 1. The average Bonchev–Trinajstić information content (AvgIpc) is 3.05. The summed E-state index contributed by atoms with van der Waals surface area (Å²) in [7, 11) is 0. The van der Waals surface area contributed by atoms with Crippen LogP contribution < -0.4 is 11.1 Å². The first-order valence-corrected chi connectivity index (χ1v) is 10.6. The van der Waals surface area contributed by atoms with Crippen LogP contribution in [0.2, 0.25) is 0 Å². The lowest BCUT2D eigenvalue weighted by Gasteiger charge is -2.11. The molecule has 0 bridgehead atoms. The molecule has 0 spiro atoms. The Bertz CT molecular complexity index is 1370. The van der Waals surface area contributed by atoms with E-state index in [1.807, 2.05) is 42.8 Å². The highest BCUT2D eigenvalue weighted by molar-refractivity contribution is 6.14. The fourth-order valence-electron chi connectivity index (χ4n) is 3.83. The molecule has 1 atom stereocenters. The number of fused-ring (bicyclic) bond motifs is 1. The van der Waals surface area contributed by atoms with Crippen molar-refractivity contribution in [3.63, 3.8) is 0 Å². The van der Waals surface area contributed by atoms with Crippen molar-refractivity contribution in [2.45, 2.75) is 33.4 Å². The van der Waals surface area contributed by atoms with Crippen molar-refractivity contribution in [1.82, 2.24) is 14.8 Å². The van der Waals surface area contributed by atoms with Gasteiger partial charge in [0.1, 0.15) is 5.69 Å². The number of amides is 2. The SMILES string of the molecule is Cc1nn(Cc2cccc(C(C)O)c2)c(C)c1NC(=O)c1cc(C(N)=O)nc2ccccc12. The van der Waals surface area contributed by atoms with Crippen molar-refractivity contribution in [3.05, 3.63) is 88.4 Å². The van der Waals surface area contributed by atoms with Crippen molar-refractivity contribution >= 4 is 28.4 Å². The summed E-state index contributed by atoms with van der Waals surface area (Å²) in [5.74, 6) is -1.08. The molecule has 0 fully saturated rings. The molecule has 0 aliphatic rings. The van der Waals surface area contributed by atoms with Crippen LogP contribution in [-0.2, 0) is 6.54 Å². The zero-order valence-electron chi connectivity index (χ0n) is 18.7. The number of aliphatic hydroxyl groups is 1. The maximum atomic E-state index is 13.2. The topological polar surface area (TPSA) is 123 Å². The van der Waals surface area contributed by atoms with Crippen LogP contribution in [0, 0.1) is 13.8 Å². The van der Waals surface area contributed by atoms with Crippen LogP contribution in [0.15, 0.2) is 54.6 Å². The number of benzene rings is 2. The van der Waals surface area contributed by atoms with Gasteiger partial charge in [-0.05, 0) is 44.0 Å². The van der Waals surface area contributed by atoms with Crippen LogP contribution in [-0.4, -0.2) is 31.7 Å². The molecule has 2 aromatic carbocycles. The maximum absolute atomic E-state index is 13.2. The third kappa shape index (κ3) is 4.47. The lowest BCUT2D eigenvalue weighted by molar-refractivity contribution is 0.0996. The second-order valence-corrected chi connectivity index (χ2v) is 8.02. The normalized spacial score (nSPS) is 12.0. The number of aromatic nitrogens is 3. The molecule has 0 saturated heterocycles. The van der Waals surface area contributed by atoms with Crippen LogP contribution in [0.1, 0.15) is 56.4 Å². The number of rotatable bonds is 6. The van der Waals surface area contributed by atoms with E-state index in [1.54, 1.807) is 31.2 Å². The molecule has 4 N–H and O–H groups in total.